The van der Waals surface area contributed by atoms with E-state index in [0.29, 0.717) is 54.1 Å². The number of rotatable bonds is 1. The number of carbonyl (C=O) groups is 1. The van der Waals surface area contributed by atoms with Crippen molar-refractivity contribution in [1.29, 1.82) is 0 Å². The number of hydrogen-bond donors (Lipinski definition) is 0. The highest BCUT2D eigenvalue weighted by Gasteiger charge is 2.35. The van der Waals surface area contributed by atoms with Crippen LogP contribution < -0.4 is 9.47 Å². The molecular weight excluding hydrogens is 338 g/mol. The first kappa shape index (κ1) is 16.6. The van der Waals surface area contributed by atoms with Crippen molar-refractivity contribution in [2.45, 2.75) is 25.0 Å². The van der Waals surface area contributed by atoms with Crippen LogP contribution in [0.3, 0.4) is 0 Å². The first-order chi connectivity index (χ1) is 10.9. The molecule has 1 aromatic carbocycles. The molecule has 2 aliphatic heterocycles. The van der Waals surface area contributed by atoms with E-state index in [2.05, 4.69) is 0 Å². The first-order valence-electron chi connectivity index (χ1n) is 7.65. The van der Waals surface area contributed by atoms with Crippen molar-refractivity contribution in [1.82, 2.24) is 4.90 Å². The number of halogens is 1. The third-order valence-corrected chi connectivity index (χ3v) is 6.27. The van der Waals surface area contributed by atoms with Crippen molar-refractivity contribution in [3.05, 3.63) is 22.7 Å². The summed E-state index contributed by atoms with van der Waals surface area (Å²) in [5.74, 6) is 1.39. The summed E-state index contributed by atoms with van der Waals surface area (Å²) in [5, 5.41) is 0.382. The molecule has 0 aliphatic carbocycles. The van der Waals surface area contributed by atoms with Gasteiger partial charge in [-0.1, -0.05) is 11.6 Å². The zero-order valence-corrected chi connectivity index (χ0v) is 14.8. The number of benzene rings is 1. The molecular formula is C16H20ClNO4S. The van der Waals surface area contributed by atoms with Crippen molar-refractivity contribution in [3.63, 3.8) is 0 Å². The minimum absolute atomic E-state index is 0.118. The van der Waals surface area contributed by atoms with Crippen molar-refractivity contribution >= 4 is 28.3 Å². The predicted molar refractivity (Wildman–Crippen MR) is 90.1 cm³/mol. The van der Waals surface area contributed by atoms with E-state index in [1.807, 2.05) is 13.8 Å². The number of ether oxygens (including phenoxy) is 2. The summed E-state index contributed by atoms with van der Waals surface area (Å²) < 4.78 is 22.8. The van der Waals surface area contributed by atoms with Crippen LogP contribution in [-0.4, -0.2) is 51.8 Å². The molecule has 2 aliphatic rings. The van der Waals surface area contributed by atoms with Gasteiger partial charge >= 0.3 is 0 Å². The van der Waals surface area contributed by atoms with E-state index in [9.17, 15) is 9.00 Å². The lowest BCUT2D eigenvalue weighted by atomic mass is 10.1. The minimum Gasteiger partial charge on any atom is -0.489 e. The van der Waals surface area contributed by atoms with Gasteiger partial charge in [0.1, 0.15) is 0 Å². The van der Waals surface area contributed by atoms with Crippen LogP contribution in [0.4, 0.5) is 0 Å². The quantitative estimate of drug-likeness (QED) is 0.774. The zero-order valence-electron chi connectivity index (χ0n) is 13.3. The summed E-state index contributed by atoms with van der Waals surface area (Å²) >= 11 is 6.26. The number of fused-ring (bicyclic) bond motifs is 1. The molecule has 0 N–H and O–H groups in total. The standard InChI is InChI=1S/C16H20ClNO4S/c1-16(2)10-18(4-7-23(16)20)15(19)11-8-12(17)14-13(9-11)21-5-3-6-22-14/h8-9H,3-7,10H2,1-2H3/t23-/m0/s1. The maximum absolute atomic E-state index is 12.8. The Labute approximate surface area is 143 Å². The maximum Gasteiger partial charge on any atom is 0.254 e. The lowest BCUT2D eigenvalue weighted by molar-refractivity contribution is 0.0745. The first-order valence-corrected chi connectivity index (χ1v) is 9.35. The maximum atomic E-state index is 12.8. The van der Waals surface area contributed by atoms with Gasteiger partial charge in [0.15, 0.2) is 11.5 Å². The molecule has 1 amide bonds. The van der Waals surface area contributed by atoms with Gasteiger partial charge in [0.05, 0.1) is 23.0 Å². The second-order valence-electron chi connectivity index (χ2n) is 6.37. The van der Waals surface area contributed by atoms with Crippen LogP contribution in [0.15, 0.2) is 12.1 Å². The van der Waals surface area contributed by atoms with Gasteiger partial charge in [-0.2, -0.15) is 0 Å². The molecule has 7 heteroatoms. The Balaban J connectivity index is 1.87. The summed E-state index contributed by atoms with van der Waals surface area (Å²) in [6, 6.07) is 3.31. The molecule has 0 radical (unpaired) electrons. The van der Waals surface area contributed by atoms with Gasteiger partial charge in [0.2, 0.25) is 0 Å². The minimum atomic E-state index is -0.917. The van der Waals surface area contributed by atoms with E-state index < -0.39 is 15.5 Å². The predicted octanol–water partition coefficient (Wildman–Crippen LogP) is 2.48. The average molecular weight is 358 g/mol. The van der Waals surface area contributed by atoms with E-state index in [1.165, 1.54) is 0 Å². The Kier molecular flexibility index (Phi) is 4.56. The Morgan fingerprint density at radius 2 is 2.04 bits per heavy atom. The van der Waals surface area contributed by atoms with E-state index in [4.69, 9.17) is 21.1 Å². The molecule has 0 bridgehead atoms. The van der Waals surface area contributed by atoms with Gasteiger partial charge in [-0.05, 0) is 26.0 Å². The third-order valence-electron chi connectivity index (χ3n) is 4.07. The highest BCUT2D eigenvalue weighted by molar-refractivity contribution is 7.86. The molecule has 23 heavy (non-hydrogen) atoms. The van der Waals surface area contributed by atoms with Gasteiger partial charge in [-0.15, -0.1) is 0 Å². The molecule has 1 aromatic rings. The molecule has 3 rings (SSSR count). The van der Waals surface area contributed by atoms with Gasteiger partial charge in [0.25, 0.3) is 5.91 Å². The van der Waals surface area contributed by atoms with Crippen molar-refractivity contribution in [3.8, 4) is 11.5 Å². The normalized spacial score (nSPS) is 23.3. The Morgan fingerprint density at radius 1 is 1.30 bits per heavy atom. The van der Waals surface area contributed by atoms with Crippen molar-refractivity contribution in [2.24, 2.45) is 0 Å². The highest BCUT2D eigenvalue weighted by Crippen LogP contribution is 2.38. The molecule has 126 valence electrons. The SMILES string of the molecule is CC1(C)CN(C(=O)c2cc(Cl)c3c(c2)OCCCO3)CC[S@@]1=O. The van der Waals surface area contributed by atoms with Gasteiger partial charge in [-0.3, -0.25) is 9.00 Å². The van der Waals surface area contributed by atoms with E-state index >= 15 is 0 Å². The molecule has 1 atom stereocenters. The Hall–Kier alpha value is -1.27. The van der Waals surface area contributed by atoms with Gasteiger partial charge in [0, 0.05) is 41.6 Å². The second-order valence-corrected chi connectivity index (χ2v) is 8.98. The molecule has 0 aromatic heterocycles. The molecule has 0 spiro atoms. The van der Waals surface area contributed by atoms with Gasteiger partial charge < -0.3 is 14.4 Å². The summed E-state index contributed by atoms with van der Waals surface area (Å²) in [5.41, 5.74) is 0.475. The fraction of sp³-hybridized carbons (Fsp3) is 0.562. The average Bonchev–Trinajstić information content (AvgIpc) is 2.75. The van der Waals surface area contributed by atoms with Crippen LogP contribution in [0.1, 0.15) is 30.6 Å². The Morgan fingerprint density at radius 3 is 2.78 bits per heavy atom. The molecule has 0 saturated carbocycles. The molecule has 2 heterocycles. The monoisotopic (exact) mass is 357 g/mol. The third kappa shape index (κ3) is 3.33. The van der Waals surface area contributed by atoms with Gasteiger partial charge in [-0.25, -0.2) is 0 Å². The number of nitrogens with zero attached hydrogens (tertiary/aromatic N) is 1. The van der Waals surface area contributed by atoms with Crippen LogP contribution in [0.25, 0.3) is 0 Å². The fourth-order valence-corrected chi connectivity index (χ4v) is 4.29. The van der Waals surface area contributed by atoms with Crippen LogP contribution in [0.2, 0.25) is 5.02 Å². The molecule has 5 nitrogen and oxygen atoms in total. The summed E-state index contributed by atoms with van der Waals surface area (Å²) in [6.45, 7) is 5.88. The van der Waals surface area contributed by atoms with Crippen LogP contribution >= 0.6 is 11.6 Å². The summed E-state index contributed by atoms with van der Waals surface area (Å²) in [7, 11) is -0.917. The van der Waals surface area contributed by atoms with Crippen LogP contribution in [0.5, 0.6) is 11.5 Å². The second kappa shape index (κ2) is 6.32. The van der Waals surface area contributed by atoms with Crippen LogP contribution in [0, 0.1) is 0 Å². The summed E-state index contributed by atoms with van der Waals surface area (Å²) in [4.78, 5) is 14.5. The molecule has 0 unspecified atom stereocenters. The number of carbonyl (C=O) groups excluding carboxylic acids is 1. The zero-order chi connectivity index (χ0) is 16.6. The Bertz CT molecular complexity index is 662. The lowest BCUT2D eigenvalue weighted by Gasteiger charge is -2.37. The van der Waals surface area contributed by atoms with Crippen LogP contribution in [-0.2, 0) is 10.8 Å². The number of hydrogen-bond acceptors (Lipinski definition) is 4. The van der Waals surface area contributed by atoms with E-state index in [1.54, 1.807) is 17.0 Å². The lowest BCUT2D eigenvalue weighted by Crippen LogP contribution is -2.52. The molecule has 1 fully saturated rings. The molecule has 1 saturated heterocycles. The van der Waals surface area contributed by atoms with Crippen molar-refractivity contribution in [2.75, 3.05) is 32.1 Å². The fourth-order valence-electron chi connectivity index (χ4n) is 2.79. The topological polar surface area (TPSA) is 55.8 Å². The highest BCUT2D eigenvalue weighted by atomic mass is 35.5. The number of amides is 1. The van der Waals surface area contributed by atoms with E-state index in [0.717, 1.165) is 6.42 Å². The van der Waals surface area contributed by atoms with E-state index in [-0.39, 0.29) is 5.91 Å². The summed E-state index contributed by atoms with van der Waals surface area (Å²) in [6.07, 6.45) is 0.778. The largest absolute Gasteiger partial charge is 0.489 e. The smallest absolute Gasteiger partial charge is 0.254 e. The van der Waals surface area contributed by atoms with Crippen molar-refractivity contribution < 1.29 is 18.5 Å².